The van der Waals surface area contributed by atoms with Crippen LogP contribution < -0.4 is 10.9 Å². The highest BCUT2D eigenvalue weighted by Gasteiger charge is 2.27. The molecule has 1 fully saturated rings. The Morgan fingerprint density at radius 1 is 1.36 bits per heavy atom. The number of benzene rings is 1. The Hall–Kier alpha value is -3.03. The minimum atomic E-state index is -0.884. The number of nitrogens with one attached hydrogen (secondary N) is 1. The van der Waals surface area contributed by atoms with Gasteiger partial charge in [0.2, 0.25) is 5.91 Å². The smallest absolute Gasteiger partial charge is 0.293 e. The number of nitro groups is 1. The highest BCUT2D eigenvalue weighted by molar-refractivity contribution is 5.96. The lowest BCUT2D eigenvalue weighted by Gasteiger charge is -2.16. The fraction of sp³-hybridized carbons (Fsp3) is 0.353. The number of nitrogens with zero attached hydrogens (tertiary/aromatic N) is 3. The van der Waals surface area contributed by atoms with Crippen LogP contribution in [0.15, 0.2) is 35.1 Å². The molecule has 8 heteroatoms. The number of nitro benzene ring substituents is 1. The lowest BCUT2D eigenvalue weighted by molar-refractivity contribution is -0.384. The number of amides is 1. The normalized spacial score (nSPS) is 14.8. The number of carbonyl (C=O) groups is 1. The number of aryl methyl sites for hydroxylation is 1. The topological polar surface area (TPSA) is 107 Å². The molecule has 8 nitrogen and oxygen atoms in total. The zero-order valence-electron chi connectivity index (χ0n) is 13.9. The number of rotatable bonds is 5. The zero-order valence-corrected chi connectivity index (χ0v) is 13.9. The van der Waals surface area contributed by atoms with Crippen molar-refractivity contribution >= 4 is 17.3 Å². The third kappa shape index (κ3) is 3.42. The highest BCUT2D eigenvalue weighted by Crippen LogP contribution is 2.38. The van der Waals surface area contributed by atoms with Crippen LogP contribution in [0.4, 0.5) is 11.4 Å². The number of para-hydroxylation sites is 1. The number of hydrogen-bond acceptors (Lipinski definition) is 5. The Balaban J connectivity index is 1.88. The molecule has 1 saturated carbocycles. The SMILES string of the molecule is Cc1cccc([N+](=O)[O-])c1NC(=O)C(C)n1nc(C2CC2)ccc1=O. The van der Waals surface area contributed by atoms with Gasteiger partial charge in [0.1, 0.15) is 11.7 Å². The fourth-order valence-corrected chi connectivity index (χ4v) is 2.62. The number of anilines is 1. The average Bonchev–Trinajstić information content (AvgIpc) is 3.41. The summed E-state index contributed by atoms with van der Waals surface area (Å²) in [5.74, 6) is -0.181. The van der Waals surface area contributed by atoms with E-state index in [9.17, 15) is 19.7 Å². The molecule has 1 atom stereocenters. The van der Waals surface area contributed by atoms with E-state index in [1.165, 1.54) is 12.1 Å². The molecule has 1 amide bonds. The average molecular weight is 342 g/mol. The van der Waals surface area contributed by atoms with Gasteiger partial charge >= 0.3 is 0 Å². The van der Waals surface area contributed by atoms with Gasteiger partial charge in [0.25, 0.3) is 11.2 Å². The van der Waals surface area contributed by atoms with Crippen LogP contribution in [0.25, 0.3) is 0 Å². The second-order valence-corrected chi connectivity index (χ2v) is 6.21. The van der Waals surface area contributed by atoms with Gasteiger partial charge in [0, 0.05) is 18.1 Å². The molecule has 1 aliphatic carbocycles. The van der Waals surface area contributed by atoms with Gasteiger partial charge in [-0.2, -0.15) is 5.10 Å². The predicted octanol–water partition coefficient (Wildman–Crippen LogP) is 2.54. The standard InChI is InChI=1S/C17H18N4O4/c1-10-4-3-5-14(21(24)25)16(10)18-17(23)11(2)20-15(22)9-8-13(19-20)12-6-7-12/h3-5,8-9,11-12H,6-7H2,1-2H3,(H,18,23). The van der Waals surface area contributed by atoms with E-state index in [4.69, 9.17) is 0 Å². The molecule has 0 radical (unpaired) electrons. The molecule has 25 heavy (non-hydrogen) atoms. The summed E-state index contributed by atoms with van der Waals surface area (Å²) in [7, 11) is 0. The summed E-state index contributed by atoms with van der Waals surface area (Å²) in [6, 6.07) is 6.76. The Bertz CT molecular complexity index is 902. The van der Waals surface area contributed by atoms with Crippen molar-refractivity contribution in [1.29, 1.82) is 0 Å². The van der Waals surface area contributed by atoms with E-state index in [2.05, 4.69) is 10.4 Å². The molecule has 1 N–H and O–H groups in total. The first-order valence-electron chi connectivity index (χ1n) is 8.03. The van der Waals surface area contributed by atoms with Crippen molar-refractivity contribution in [2.45, 2.75) is 38.6 Å². The molecular formula is C17H18N4O4. The lowest BCUT2D eigenvalue weighted by Crippen LogP contribution is -2.33. The quantitative estimate of drug-likeness (QED) is 0.663. The van der Waals surface area contributed by atoms with E-state index < -0.39 is 16.9 Å². The number of carbonyl (C=O) groups excluding carboxylic acids is 1. The summed E-state index contributed by atoms with van der Waals surface area (Å²) in [4.78, 5) is 35.2. The van der Waals surface area contributed by atoms with Gasteiger partial charge in [-0.15, -0.1) is 0 Å². The Kier molecular flexibility index (Phi) is 4.35. The second kappa shape index (κ2) is 6.46. The molecule has 3 rings (SSSR count). The molecule has 0 aliphatic heterocycles. The van der Waals surface area contributed by atoms with Crippen LogP contribution in [0.2, 0.25) is 0 Å². The van der Waals surface area contributed by atoms with Gasteiger partial charge in [0.15, 0.2) is 0 Å². The van der Waals surface area contributed by atoms with Crippen LogP contribution in [0.1, 0.15) is 43.0 Å². The lowest BCUT2D eigenvalue weighted by atomic mass is 10.1. The monoisotopic (exact) mass is 342 g/mol. The number of hydrogen-bond donors (Lipinski definition) is 1. The Morgan fingerprint density at radius 2 is 2.08 bits per heavy atom. The van der Waals surface area contributed by atoms with Crippen LogP contribution in [0.3, 0.4) is 0 Å². The maximum atomic E-state index is 12.6. The minimum Gasteiger partial charge on any atom is -0.318 e. The summed E-state index contributed by atoms with van der Waals surface area (Å²) in [6.07, 6.45) is 2.06. The zero-order chi connectivity index (χ0) is 18.1. The predicted molar refractivity (Wildman–Crippen MR) is 91.6 cm³/mol. The molecule has 1 aromatic heterocycles. The van der Waals surface area contributed by atoms with Gasteiger partial charge < -0.3 is 5.32 Å². The van der Waals surface area contributed by atoms with Crippen molar-refractivity contribution < 1.29 is 9.72 Å². The van der Waals surface area contributed by atoms with Gasteiger partial charge in [-0.05, 0) is 38.3 Å². The summed E-state index contributed by atoms with van der Waals surface area (Å²) in [5, 5.41) is 18.0. The van der Waals surface area contributed by atoms with Crippen molar-refractivity contribution in [1.82, 2.24) is 9.78 Å². The van der Waals surface area contributed by atoms with Crippen LogP contribution in [0, 0.1) is 17.0 Å². The minimum absolute atomic E-state index is 0.135. The molecule has 2 aromatic rings. The third-order valence-electron chi connectivity index (χ3n) is 4.28. The molecule has 1 heterocycles. The van der Waals surface area contributed by atoms with Gasteiger partial charge in [-0.25, -0.2) is 4.68 Å². The van der Waals surface area contributed by atoms with E-state index >= 15 is 0 Å². The van der Waals surface area contributed by atoms with Crippen LogP contribution in [-0.4, -0.2) is 20.6 Å². The van der Waals surface area contributed by atoms with Crippen molar-refractivity contribution in [2.24, 2.45) is 0 Å². The first kappa shape index (κ1) is 16.8. The van der Waals surface area contributed by atoms with Crippen LogP contribution >= 0.6 is 0 Å². The van der Waals surface area contributed by atoms with E-state index in [-0.39, 0.29) is 16.9 Å². The fourth-order valence-electron chi connectivity index (χ4n) is 2.62. The summed E-state index contributed by atoms with van der Waals surface area (Å²) < 4.78 is 1.13. The van der Waals surface area contributed by atoms with E-state index in [0.717, 1.165) is 23.2 Å². The Labute approximate surface area is 143 Å². The summed E-state index contributed by atoms with van der Waals surface area (Å²) >= 11 is 0. The van der Waals surface area contributed by atoms with Gasteiger partial charge in [-0.3, -0.25) is 19.7 Å². The first-order valence-corrected chi connectivity index (χ1v) is 8.03. The van der Waals surface area contributed by atoms with E-state index in [1.807, 2.05) is 0 Å². The van der Waals surface area contributed by atoms with Gasteiger partial charge in [-0.1, -0.05) is 12.1 Å². The van der Waals surface area contributed by atoms with Crippen molar-refractivity contribution in [3.63, 3.8) is 0 Å². The Morgan fingerprint density at radius 3 is 2.72 bits per heavy atom. The van der Waals surface area contributed by atoms with Crippen LogP contribution in [0.5, 0.6) is 0 Å². The maximum absolute atomic E-state index is 12.6. The summed E-state index contributed by atoms with van der Waals surface area (Å²) in [6.45, 7) is 3.22. The highest BCUT2D eigenvalue weighted by atomic mass is 16.6. The van der Waals surface area contributed by atoms with Crippen molar-refractivity contribution in [2.75, 3.05) is 5.32 Å². The van der Waals surface area contributed by atoms with Crippen LogP contribution in [-0.2, 0) is 4.79 Å². The maximum Gasteiger partial charge on any atom is 0.293 e. The molecule has 1 unspecified atom stereocenters. The first-order chi connectivity index (χ1) is 11.9. The molecule has 130 valence electrons. The van der Waals surface area contributed by atoms with Crippen molar-refractivity contribution in [3.8, 4) is 0 Å². The molecular weight excluding hydrogens is 324 g/mol. The third-order valence-corrected chi connectivity index (χ3v) is 4.28. The van der Waals surface area contributed by atoms with Gasteiger partial charge in [0.05, 0.1) is 10.6 Å². The molecule has 0 bridgehead atoms. The number of aromatic nitrogens is 2. The molecule has 1 aliphatic rings. The summed E-state index contributed by atoms with van der Waals surface area (Å²) in [5.41, 5.74) is 0.928. The largest absolute Gasteiger partial charge is 0.318 e. The van der Waals surface area contributed by atoms with Crippen molar-refractivity contribution in [3.05, 3.63) is 62.1 Å². The molecule has 1 aromatic carbocycles. The van der Waals surface area contributed by atoms with E-state index in [1.54, 1.807) is 32.0 Å². The second-order valence-electron chi connectivity index (χ2n) is 6.21. The molecule has 0 saturated heterocycles. The molecule has 0 spiro atoms. The van der Waals surface area contributed by atoms with E-state index in [0.29, 0.717) is 11.5 Å².